The number of benzene rings is 2. The molecule has 2 aromatic carbocycles. The normalized spacial score (nSPS) is 10.2. The van der Waals surface area contributed by atoms with Gasteiger partial charge in [-0.15, -0.1) is 0 Å². The summed E-state index contributed by atoms with van der Waals surface area (Å²) in [7, 11) is 0. The van der Waals surface area contributed by atoms with Gasteiger partial charge in [-0.05, 0) is 24.4 Å². The van der Waals surface area contributed by atoms with Crippen LogP contribution in [0.4, 0.5) is 0 Å². The van der Waals surface area contributed by atoms with Crippen molar-refractivity contribution in [3.63, 3.8) is 0 Å². The summed E-state index contributed by atoms with van der Waals surface area (Å²) in [4.78, 5) is 0. The van der Waals surface area contributed by atoms with Crippen LogP contribution in [0.3, 0.4) is 0 Å². The molecule has 1 aliphatic heterocycles. The molecule has 0 unspecified atom stereocenters. The molecule has 0 aromatic heterocycles. The number of hydrogen-bond acceptors (Lipinski definition) is 7. The van der Waals surface area contributed by atoms with E-state index in [0.29, 0.717) is 11.5 Å². The van der Waals surface area contributed by atoms with E-state index in [0.717, 1.165) is 18.2 Å². The maximum absolute atomic E-state index is 8.96. The van der Waals surface area contributed by atoms with Crippen LogP contribution < -0.4 is 20.9 Å². The Labute approximate surface area is 165 Å². The number of hydrogen-bond donors (Lipinski definition) is 6. The van der Waals surface area contributed by atoms with Crippen LogP contribution in [0, 0.1) is 0 Å². The fourth-order valence-electron chi connectivity index (χ4n) is 1.46. The minimum absolute atomic E-state index is 0. The molecule has 8 N–H and O–H groups in total. The van der Waals surface area contributed by atoms with Crippen molar-refractivity contribution in [3.05, 3.63) is 36.4 Å². The van der Waals surface area contributed by atoms with E-state index in [4.69, 9.17) is 29.9 Å². The molecule has 24 heavy (non-hydrogen) atoms. The number of phenolic OH excluding ortho intramolecular Hbond substituents is 4. The summed E-state index contributed by atoms with van der Waals surface area (Å²) < 4.78 is 10.0. The fraction of sp³-hybridized carbons (Fsp3) is 0.0714. The average Bonchev–Trinajstić information content (AvgIpc) is 2.84. The van der Waals surface area contributed by atoms with Crippen molar-refractivity contribution < 1.29 is 29.9 Å². The predicted octanol–water partition coefficient (Wildman–Crippen LogP) is 0.464. The molecule has 0 amide bonds. The number of ether oxygens (including phenoxy) is 2. The second-order valence-electron chi connectivity index (χ2n) is 4.15. The van der Waals surface area contributed by atoms with E-state index < -0.39 is 0 Å². The summed E-state index contributed by atoms with van der Waals surface area (Å²) in [5.41, 5.74) is 9.24. The first-order valence-corrected chi connectivity index (χ1v) is 6.54. The third-order valence-electron chi connectivity index (χ3n) is 2.24. The average molecular weight is 364 g/mol. The molecule has 0 radical (unpaired) electrons. The van der Waals surface area contributed by atoms with Crippen LogP contribution in [0.25, 0.3) is 0 Å². The van der Waals surface area contributed by atoms with Gasteiger partial charge < -0.3 is 41.4 Å². The number of thiocarbonyl (C=S) groups is 1. The molecule has 3 rings (SSSR count). The summed E-state index contributed by atoms with van der Waals surface area (Å²) in [6.07, 6.45) is 0. The summed E-state index contributed by atoms with van der Waals surface area (Å²) in [5, 5.41) is 35.0. The van der Waals surface area contributed by atoms with Crippen molar-refractivity contribution in [1.82, 2.24) is 0 Å². The SMILES string of the molecule is NC(N)=S.Oc1cc(O)cc(O)c1.Oc1ccc2c(c1)OCO2.[NaH]. The monoisotopic (exact) mass is 364 g/mol. The molecule has 126 valence electrons. The molecule has 0 bridgehead atoms. The van der Waals surface area contributed by atoms with Gasteiger partial charge in [0.1, 0.15) is 23.0 Å². The summed E-state index contributed by atoms with van der Waals surface area (Å²) >= 11 is 4.09. The molecular formula is C14H17N2NaO6S. The number of phenols is 4. The molecule has 0 spiro atoms. The topological polar surface area (TPSA) is 151 Å². The van der Waals surface area contributed by atoms with E-state index >= 15 is 0 Å². The zero-order chi connectivity index (χ0) is 17.4. The standard InChI is InChI=1S/C7H6O3.C6H6O3.CH4N2S.Na.H/c8-5-1-2-6-7(3-5)10-4-9-6;7-4-1-5(8)3-6(9)2-4;2-1(3)4;;/h1-3,8H,4H2;1-3,7-9H;(H4,2,3,4);;. The van der Waals surface area contributed by atoms with Gasteiger partial charge in [-0.25, -0.2) is 0 Å². The first-order valence-electron chi connectivity index (χ1n) is 6.13. The Bertz CT molecular complexity index is 632. The van der Waals surface area contributed by atoms with E-state index in [1.807, 2.05) is 0 Å². The van der Waals surface area contributed by atoms with Crippen molar-refractivity contribution in [1.29, 1.82) is 0 Å². The Hall–Kier alpha value is -2.07. The summed E-state index contributed by atoms with van der Waals surface area (Å²) in [6.45, 7) is 0.249. The van der Waals surface area contributed by atoms with Crippen molar-refractivity contribution in [2.45, 2.75) is 0 Å². The van der Waals surface area contributed by atoms with Crippen LogP contribution in [0.2, 0.25) is 0 Å². The second-order valence-corrected chi connectivity index (χ2v) is 4.62. The van der Waals surface area contributed by atoms with Gasteiger partial charge in [-0.3, -0.25) is 0 Å². The van der Waals surface area contributed by atoms with E-state index in [1.165, 1.54) is 6.07 Å². The molecule has 0 atom stereocenters. The quantitative estimate of drug-likeness (QED) is 0.289. The van der Waals surface area contributed by atoms with Crippen molar-refractivity contribution in [2.75, 3.05) is 6.79 Å². The van der Waals surface area contributed by atoms with Crippen LogP contribution in [-0.2, 0) is 0 Å². The molecule has 10 heteroatoms. The van der Waals surface area contributed by atoms with Crippen molar-refractivity contribution in [2.24, 2.45) is 11.5 Å². The van der Waals surface area contributed by atoms with Gasteiger partial charge >= 0.3 is 29.6 Å². The number of nitrogens with two attached hydrogens (primary N) is 2. The molecular weight excluding hydrogens is 347 g/mol. The van der Waals surface area contributed by atoms with Gasteiger partial charge in [-0.2, -0.15) is 0 Å². The van der Waals surface area contributed by atoms with Crippen molar-refractivity contribution >= 4 is 46.9 Å². The van der Waals surface area contributed by atoms with Gasteiger partial charge in [0.15, 0.2) is 16.6 Å². The first kappa shape index (κ1) is 21.9. The third kappa shape index (κ3) is 8.53. The molecule has 2 aromatic rings. The molecule has 0 saturated carbocycles. The van der Waals surface area contributed by atoms with E-state index in [2.05, 4.69) is 23.7 Å². The predicted molar refractivity (Wildman–Crippen MR) is 93.8 cm³/mol. The maximum atomic E-state index is 8.96. The summed E-state index contributed by atoms with van der Waals surface area (Å²) in [6, 6.07) is 8.19. The van der Waals surface area contributed by atoms with Gasteiger partial charge in [-0.1, -0.05) is 0 Å². The molecule has 0 saturated heterocycles. The summed E-state index contributed by atoms with van der Waals surface area (Å²) in [5.74, 6) is 1.06. The fourth-order valence-corrected chi connectivity index (χ4v) is 1.46. The van der Waals surface area contributed by atoms with Gasteiger partial charge in [0, 0.05) is 24.3 Å². The van der Waals surface area contributed by atoms with E-state index in [9.17, 15) is 0 Å². The third-order valence-corrected chi connectivity index (χ3v) is 2.24. The zero-order valence-corrected chi connectivity index (χ0v) is 12.7. The Morgan fingerprint density at radius 3 is 1.67 bits per heavy atom. The Kier molecular flexibility index (Phi) is 9.74. The number of aromatic hydroxyl groups is 4. The number of rotatable bonds is 0. The zero-order valence-electron chi connectivity index (χ0n) is 11.8. The molecule has 0 fully saturated rings. The molecule has 1 heterocycles. The van der Waals surface area contributed by atoms with Crippen LogP contribution >= 0.6 is 12.2 Å². The Morgan fingerprint density at radius 2 is 1.21 bits per heavy atom. The van der Waals surface area contributed by atoms with Gasteiger partial charge in [0.05, 0.1) is 0 Å². The van der Waals surface area contributed by atoms with Crippen LogP contribution in [0.1, 0.15) is 0 Å². The second kappa shape index (κ2) is 10.7. The minimum atomic E-state index is -0.146. The Balaban J connectivity index is 0.000000353. The van der Waals surface area contributed by atoms with Crippen LogP contribution in [0.5, 0.6) is 34.5 Å². The molecule has 8 nitrogen and oxygen atoms in total. The number of fused-ring (bicyclic) bond motifs is 1. The van der Waals surface area contributed by atoms with Crippen LogP contribution in [-0.4, -0.2) is 61.9 Å². The Morgan fingerprint density at radius 1 is 0.792 bits per heavy atom. The van der Waals surface area contributed by atoms with Gasteiger partial charge in [0.2, 0.25) is 6.79 Å². The first-order chi connectivity index (χ1) is 10.8. The van der Waals surface area contributed by atoms with E-state index in [1.54, 1.807) is 12.1 Å². The van der Waals surface area contributed by atoms with E-state index in [-0.39, 0.29) is 64.5 Å². The van der Waals surface area contributed by atoms with Crippen LogP contribution in [0.15, 0.2) is 36.4 Å². The molecule has 1 aliphatic rings. The van der Waals surface area contributed by atoms with Crippen molar-refractivity contribution in [3.8, 4) is 34.5 Å². The van der Waals surface area contributed by atoms with Gasteiger partial charge in [0.25, 0.3) is 0 Å². The molecule has 0 aliphatic carbocycles.